The van der Waals surface area contributed by atoms with Crippen LogP contribution in [0.1, 0.15) is 11.4 Å². The van der Waals surface area contributed by atoms with Gasteiger partial charge in [0.15, 0.2) is 5.69 Å². The van der Waals surface area contributed by atoms with Gasteiger partial charge in [-0.15, -0.1) is 0 Å². The fraction of sp³-hybridized carbons (Fsp3) is 0.136. The first-order valence-electron chi connectivity index (χ1n) is 9.03. The second kappa shape index (κ2) is 10.9. The van der Waals surface area contributed by atoms with E-state index in [1.807, 2.05) is 48.5 Å². The van der Waals surface area contributed by atoms with Crippen molar-refractivity contribution < 1.29 is 8.83 Å². The van der Waals surface area contributed by atoms with Gasteiger partial charge in [-0.25, -0.2) is 16.5 Å². The third-order valence-electron chi connectivity index (χ3n) is 3.93. The maximum atomic E-state index is 6.72. The summed E-state index contributed by atoms with van der Waals surface area (Å²) < 4.78 is 12.7. The number of aromatic nitrogens is 2. The zero-order valence-electron chi connectivity index (χ0n) is 15.9. The van der Waals surface area contributed by atoms with Crippen molar-refractivity contribution in [2.24, 2.45) is 5.73 Å². The van der Waals surface area contributed by atoms with Crippen LogP contribution in [0.2, 0.25) is 0 Å². The van der Waals surface area contributed by atoms with Gasteiger partial charge >= 0.3 is 0 Å². The predicted molar refractivity (Wildman–Crippen MR) is 122 cm³/mol. The lowest BCUT2D eigenvalue weighted by atomic mass is 10.2. The zero-order chi connectivity index (χ0) is 21.3. The Labute approximate surface area is 191 Å². The molecule has 0 radical (unpaired) electrons. The number of rotatable bonds is 5. The minimum Gasteiger partial charge on any atom is -0.444 e. The highest BCUT2D eigenvalue weighted by Crippen LogP contribution is 2.22. The molecule has 152 valence electrons. The lowest BCUT2D eigenvalue weighted by Crippen LogP contribution is -2.02. The van der Waals surface area contributed by atoms with Crippen LogP contribution in [-0.4, -0.2) is 16.5 Å². The topological polar surface area (TPSA) is 82.4 Å². The Bertz CT molecular complexity index is 1110. The van der Waals surface area contributed by atoms with Crippen molar-refractivity contribution in [1.82, 2.24) is 9.97 Å². The second-order valence-electron chi connectivity index (χ2n) is 6.16. The van der Waals surface area contributed by atoms with E-state index in [1.165, 1.54) is 6.26 Å². The monoisotopic (exact) mass is 528 g/mol. The Morgan fingerprint density at radius 2 is 1.27 bits per heavy atom. The summed E-state index contributed by atoms with van der Waals surface area (Å²) in [6.45, 7) is 7.57. The zero-order valence-corrected chi connectivity index (χ0v) is 19.1. The second-order valence-corrected chi connectivity index (χ2v) is 7.99. The molecule has 2 aromatic heterocycles. The molecule has 0 fully saturated rings. The average molecular weight is 530 g/mol. The molecule has 0 aliphatic heterocycles. The highest BCUT2D eigenvalue weighted by Gasteiger charge is 2.07. The smallest absolute Gasteiger partial charge is 0.259 e. The van der Waals surface area contributed by atoms with Crippen molar-refractivity contribution in [3.63, 3.8) is 0 Å². The summed E-state index contributed by atoms with van der Waals surface area (Å²) in [7, 11) is 0. The Balaban J connectivity index is 0.000000171. The lowest BCUT2D eigenvalue weighted by molar-refractivity contribution is 0.572. The number of benzene rings is 2. The van der Waals surface area contributed by atoms with E-state index in [-0.39, 0.29) is 6.54 Å². The molecular formula is C22H18Br2N4O2. The largest absolute Gasteiger partial charge is 0.444 e. The van der Waals surface area contributed by atoms with E-state index in [0.29, 0.717) is 24.0 Å². The van der Waals surface area contributed by atoms with E-state index >= 15 is 0 Å². The molecule has 0 bridgehead atoms. The first kappa shape index (κ1) is 22.0. The summed E-state index contributed by atoms with van der Waals surface area (Å²) in [5.74, 6) is 1.20. The van der Waals surface area contributed by atoms with Crippen LogP contribution in [0.15, 0.2) is 78.8 Å². The quantitative estimate of drug-likeness (QED) is 0.314. The molecule has 0 aliphatic carbocycles. The average Bonchev–Trinajstić information content (AvgIpc) is 3.40. The van der Waals surface area contributed by atoms with Crippen molar-refractivity contribution in [1.29, 1.82) is 0 Å². The molecule has 4 aromatic rings. The SMILES string of the molecule is NCCc1coc(-c2ccc(Br)cc2)n1.[C-]#[N+]Cc1coc(-c2ccc(Br)cc2)n1. The van der Waals surface area contributed by atoms with Crippen LogP contribution in [0.25, 0.3) is 27.8 Å². The first-order valence-corrected chi connectivity index (χ1v) is 10.6. The van der Waals surface area contributed by atoms with E-state index < -0.39 is 0 Å². The molecule has 0 aliphatic rings. The van der Waals surface area contributed by atoms with Gasteiger partial charge in [0.1, 0.15) is 12.5 Å². The van der Waals surface area contributed by atoms with Gasteiger partial charge in [-0.1, -0.05) is 31.9 Å². The molecule has 0 saturated carbocycles. The molecule has 6 nitrogen and oxygen atoms in total. The van der Waals surface area contributed by atoms with Gasteiger partial charge in [-0.3, -0.25) is 0 Å². The summed E-state index contributed by atoms with van der Waals surface area (Å²) in [5, 5.41) is 0. The van der Waals surface area contributed by atoms with Crippen LogP contribution in [0.4, 0.5) is 0 Å². The summed E-state index contributed by atoms with van der Waals surface area (Å²) in [6.07, 6.45) is 3.93. The first-order chi connectivity index (χ1) is 14.6. The maximum absolute atomic E-state index is 6.72. The molecule has 0 amide bonds. The number of oxazole rings is 2. The summed E-state index contributed by atoms with van der Waals surface area (Å²) in [5.41, 5.74) is 8.89. The van der Waals surface area contributed by atoms with Gasteiger partial charge in [0, 0.05) is 26.5 Å². The molecule has 0 unspecified atom stereocenters. The number of halogens is 2. The van der Waals surface area contributed by atoms with Crippen molar-refractivity contribution >= 4 is 31.9 Å². The van der Waals surface area contributed by atoms with Gasteiger partial charge < -0.3 is 19.4 Å². The van der Waals surface area contributed by atoms with E-state index in [4.69, 9.17) is 21.1 Å². The lowest BCUT2D eigenvalue weighted by Gasteiger charge is -1.94. The number of nitrogens with two attached hydrogens (primary N) is 1. The molecule has 0 saturated heterocycles. The summed E-state index contributed by atoms with van der Waals surface area (Å²) in [6, 6.07) is 15.5. The van der Waals surface area contributed by atoms with Crippen LogP contribution in [0, 0.1) is 6.57 Å². The number of hydrogen-bond acceptors (Lipinski definition) is 5. The molecule has 2 aromatic carbocycles. The Morgan fingerprint density at radius 3 is 1.73 bits per heavy atom. The molecule has 2 N–H and O–H groups in total. The minimum absolute atomic E-state index is 0.264. The standard InChI is InChI=1S/C11H7BrN2O.C11H11BrN2O/c1-13-6-10-7-15-11(14-10)8-2-4-9(12)5-3-8;12-9-3-1-8(2-4-9)11-14-10(5-6-13)7-15-11/h2-5,7H,6H2;1-4,7H,5-6,13H2. The van der Waals surface area contributed by atoms with Crippen molar-refractivity contribution in [2.45, 2.75) is 13.0 Å². The van der Waals surface area contributed by atoms with Crippen molar-refractivity contribution in [3.05, 3.63) is 92.8 Å². The Kier molecular flexibility index (Phi) is 7.97. The van der Waals surface area contributed by atoms with E-state index in [0.717, 1.165) is 32.2 Å². The van der Waals surface area contributed by atoms with Gasteiger partial charge in [-0.05, 0) is 55.1 Å². The van der Waals surface area contributed by atoms with Crippen LogP contribution >= 0.6 is 31.9 Å². The Hall–Kier alpha value is -2.73. The third kappa shape index (κ3) is 6.13. The van der Waals surface area contributed by atoms with E-state index in [2.05, 4.69) is 46.7 Å². The van der Waals surface area contributed by atoms with Gasteiger partial charge in [0.05, 0.1) is 5.69 Å². The predicted octanol–water partition coefficient (Wildman–Crippen LogP) is 6.13. The molecule has 4 rings (SSSR count). The van der Waals surface area contributed by atoms with Gasteiger partial charge in [0.2, 0.25) is 11.8 Å². The van der Waals surface area contributed by atoms with E-state index in [9.17, 15) is 0 Å². The number of nitrogens with zero attached hydrogens (tertiary/aromatic N) is 3. The van der Waals surface area contributed by atoms with Crippen LogP contribution in [0.5, 0.6) is 0 Å². The maximum Gasteiger partial charge on any atom is 0.259 e. The van der Waals surface area contributed by atoms with E-state index in [1.54, 1.807) is 6.26 Å². The third-order valence-corrected chi connectivity index (χ3v) is 4.98. The Morgan fingerprint density at radius 1 is 0.800 bits per heavy atom. The summed E-state index contributed by atoms with van der Waals surface area (Å²) in [4.78, 5) is 11.8. The van der Waals surface area contributed by atoms with Crippen LogP contribution < -0.4 is 5.73 Å². The highest BCUT2D eigenvalue weighted by molar-refractivity contribution is 9.10. The fourth-order valence-electron chi connectivity index (χ4n) is 2.48. The summed E-state index contributed by atoms with van der Waals surface area (Å²) >= 11 is 6.74. The van der Waals surface area contributed by atoms with Gasteiger partial charge in [-0.2, -0.15) is 0 Å². The normalized spacial score (nSPS) is 10.2. The molecule has 30 heavy (non-hydrogen) atoms. The molecule has 0 spiro atoms. The van der Waals surface area contributed by atoms with Crippen LogP contribution in [0.3, 0.4) is 0 Å². The van der Waals surface area contributed by atoms with Crippen molar-refractivity contribution in [2.75, 3.05) is 6.54 Å². The van der Waals surface area contributed by atoms with Crippen molar-refractivity contribution in [3.8, 4) is 22.9 Å². The molecule has 0 atom stereocenters. The molecule has 2 heterocycles. The van der Waals surface area contributed by atoms with Crippen LogP contribution in [-0.2, 0) is 13.0 Å². The van der Waals surface area contributed by atoms with Gasteiger partial charge in [0.25, 0.3) is 6.54 Å². The highest BCUT2D eigenvalue weighted by atomic mass is 79.9. The molecule has 8 heteroatoms. The fourth-order valence-corrected chi connectivity index (χ4v) is 3.01. The number of hydrogen-bond donors (Lipinski definition) is 1. The minimum atomic E-state index is 0.264. The molecular weight excluding hydrogens is 512 g/mol.